The van der Waals surface area contributed by atoms with Crippen LogP contribution < -0.4 is 0 Å². The number of hydrogen-bond acceptors (Lipinski definition) is 3. The van der Waals surface area contributed by atoms with E-state index in [0.29, 0.717) is 35.1 Å². The Hall–Kier alpha value is -1.42. The van der Waals surface area contributed by atoms with E-state index >= 15 is 0 Å². The van der Waals surface area contributed by atoms with Gasteiger partial charge in [0.05, 0.1) is 5.03 Å². The molecule has 27 heavy (non-hydrogen) atoms. The summed E-state index contributed by atoms with van der Waals surface area (Å²) in [5.41, 5.74) is 2.35. The van der Waals surface area contributed by atoms with Crippen LogP contribution >= 0.6 is 23.2 Å². The Morgan fingerprint density at radius 1 is 1.19 bits per heavy atom. The van der Waals surface area contributed by atoms with Crippen LogP contribution in [0.2, 0.25) is 0 Å². The van der Waals surface area contributed by atoms with Crippen LogP contribution in [0.1, 0.15) is 55.3 Å². The molecule has 1 aliphatic carbocycles. The predicted molar refractivity (Wildman–Crippen MR) is 107 cm³/mol. The topological polar surface area (TPSA) is 27.7 Å². The molecule has 2 aliphatic heterocycles. The molecule has 0 spiro atoms. The summed E-state index contributed by atoms with van der Waals surface area (Å²) in [5.74, 6) is 0.697. The van der Waals surface area contributed by atoms with Crippen molar-refractivity contribution in [3.8, 4) is 0 Å². The number of allylic oxidation sites excluding steroid dienone is 4. The Labute approximate surface area is 170 Å². The molecule has 1 saturated heterocycles. The van der Waals surface area contributed by atoms with Crippen molar-refractivity contribution in [3.63, 3.8) is 0 Å². The van der Waals surface area contributed by atoms with Gasteiger partial charge in [-0.05, 0) is 55.4 Å². The van der Waals surface area contributed by atoms with E-state index in [1.165, 1.54) is 12.0 Å². The smallest absolute Gasteiger partial charge is 0.300 e. The first-order chi connectivity index (χ1) is 13.2. The van der Waals surface area contributed by atoms with Gasteiger partial charge in [-0.2, -0.15) is 0 Å². The lowest BCUT2D eigenvalue weighted by atomic mass is 9.83. The molecule has 0 amide bonds. The third-order valence-corrected chi connectivity index (χ3v) is 6.05. The average Bonchev–Trinajstić information content (AvgIpc) is 2.72. The van der Waals surface area contributed by atoms with Crippen molar-refractivity contribution in [1.29, 1.82) is 0 Å². The molecule has 1 fully saturated rings. The van der Waals surface area contributed by atoms with Crippen molar-refractivity contribution >= 4 is 23.2 Å². The molecule has 3 nitrogen and oxygen atoms in total. The van der Waals surface area contributed by atoms with Gasteiger partial charge in [0.2, 0.25) is 0 Å². The first kappa shape index (κ1) is 18.9. The molecule has 143 valence electrons. The summed E-state index contributed by atoms with van der Waals surface area (Å²) in [4.78, 5) is 0. The summed E-state index contributed by atoms with van der Waals surface area (Å²) in [7, 11) is 0. The molecule has 1 aromatic rings. The third-order valence-electron chi connectivity index (χ3n) is 5.25. The number of ether oxygens (including phenoxy) is 3. The number of hydrogen-bond donors (Lipinski definition) is 0. The zero-order chi connectivity index (χ0) is 18.6. The lowest BCUT2D eigenvalue weighted by Gasteiger charge is -2.35. The van der Waals surface area contributed by atoms with Crippen LogP contribution in [-0.2, 0) is 14.2 Å². The minimum Gasteiger partial charge on any atom is -0.460 e. The summed E-state index contributed by atoms with van der Waals surface area (Å²) in [6, 6.07) is 9.61. The number of rotatable bonds is 4. The maximum Gasteiger partial charge on any atom is 0.300 e. The monoisotopic (exact) mass is 405 g/mol. The summed E-state index contributed by atoms with van der Waals surface area (Å²) in [5, 5.41) is 0.783. The van der Waals surface area contributed by atoms with E-state index in [0.717, 1.165) is 31.2 Å². The van der Waals surface area contributed by atoms with Gasteiger partial charge in [0.25, 0.3) is 0 Å². The minimum absolute atomic E-state index is 0.185. The highest BCUT2D eigenvalue weighted by molar-refractivity contribution is 6.44. The van der Waals surface area contributed by atoms with Gasteiger partial charge in [-0.1, -0.05) is 53.6 Å². The van der Waals surface area contributed by atoms with Crippen LogP contribution in [-0.4, -0.2) is 19.3 Å². The van der Waals surface area contributed by atoms with Crippen LogP contribution in [0.25, 0.3) is 0 Å². The fraction of sp³-hybridized carbons (Fsp3) is 0.455. The Morgan fingerprint density at radius 3 is 2.96 bits per heavy atom. The fourth-order valence-corrected chi connectivity index (χ4v) is 4.23. The van der Waals surface area contributed by atoms with E-state index in [1.54, 1.807) is 6.08 Å². The molecule has 0 bridgehead atoms. The second-order valence-corrected chi connectivity index (χ2v) is 7.84. The molecule has 3 aliphatic rings. The highest BCUT2D eigenvalue weighted by atomic mass is 35.5. The maximum atomic E-state index is 6.27. The van der Waals surface area contributed by atoms with Crippen LogP contribution in [0.15, 0.2) is 52.4 Å². The van der Waals surface area contributed by atoms with Gasteiger partial charge in [0.1, 0.15) is 23.8 Å². The van der Waals surface area contributed by atoms with Crippen LogP contribution in [0, 0.1) is 6.07 Å². The van der Waals surface area contributed by atoms with Gasteiger partial charge in [-0.15, -0.1) is 0 Å². The summed E-state index contributed by atoms with van der Waals surface area (Å²) in [6.07, 6.45) is 11.2. The van der Waals surface area contributed by atoms with Gasteiger partial charge >= 0.3 is 5.95 Å². The molecule has 3 atom stereocenters. The Morgan fingerprint density at radius 2 is 2.11 bits per heavy atom. The number of benzene rings is 1. The lowest BCUT2D eigenvalue weighted by molar-refractivity contribution is -0.117. The molecular weight excluding hydrogens is 383 g/mol. The molecule has 0 N–H and O–H groups in total. The van der Waals surface area contributed by atoms with Crippen molar-refractivity contribution in [2.24, 2.45) is 0 Å². The van der Waals surface area contributed by atoms with Crippen molar-refractivity contribution in [2.45, 2.75) is 50.2 Å². The second-order valence-electron chi connectivity index (χ2n) is 7.06. The van der Waals surface area contributed by atoms with Gasteiger partial charge in [0.15, 0.2) is 0 Å². The molecular formula is C22H23Cl2O3. The standard InChI is InChI=1S/C22H23Cl2O3/c23-18-12-14-26-22(20(18)24)27-19-11-6-13-25-21(19)17-10-5-4-9-16(17)15-7-2-1-3-8-15/h2,4-5,7,9,12,15,19,21H,1,3,6,8,11,13-14H2/t15-,19?,21-/m0/s1. The Bertz CT molecular complexity index is 769. The van der Waals surface area contributed by atoms with Gasteiger partial charge in [-0.3, -0.25) is 0 Å². The molecule has 5 heteroatoms. The molecule has 1 radical (unpaired) electrons. The van der Waals surface area contributed by atoms with Gasteiger partial charge in [0, 0.05) is 12.5 Å². The van der Waals surface area contributed by atoms with Crippen LogP contribution in [0.5, 0.6) is 0 Å². The molecule has 2 heterocycles. The SMILES string of the molecule is ClC1=CCOC(OC2CCCO[C@H]2c2[c]cccc2[C@H]2C=CCCC2)=C1Cl. The minimum atomic E-state index is -0.199. The van der Waals surface area contributed by atoms with Gasteiger partial charge < -0.3 is 14.2 Å². The largest absolute Gasteiger partial charge is 0.460 e. The van der Waals surface area contributed by atoms with E-state index in [9.17, 15) is 0 Å². The van der Waals surface area contributed by atoms with Crippen LogP contribution in [0.3, 0.4) is 0 Å². The zero-order valence-corrected chi connectivity index (χ0v) is 16.6. The van der Waals surface area contributed by atoms with Crippen molar-refractivity contribution in [1.82, 2.24) is 0 Å². The highest BCUT2D eigenvalue weighted by Crippen LogP contribution is 2.39. The zero-order valence-electron chi connectivity index (χ0n) is 15.1. The Balaban J connectivity index is 1.62. The molecule has 0 aromatic heterocycles. The van der Waals surface area contributed by atoms with E-state index in [2.05, 4.69) is 24.3 Å². The summed E-state index contributed by atoms with van der Waals surface area (Å²) in [6.45, 7) is 1.07. The Kier molecular flexibility index (Phi) is 6.11. The molecule has 1 unspecified atom stereocenters. The summed E-state index contributed by atoms with van der Waals surface area (Å²) < 4.78 is 17.9. The average molecular weight is 406 g/mol. The van der Waals surface area contributed by atoms with Crippen molar-refractivity contribution in [2.75, 3.05) is 13.2 Å². The van der Waals surface area contributed by atoms with E-state index < -0.39 is 0 Å². The van der Waals surface area contributed by atoms with Gasteiger partial charge in [-0.25, -0.2) is 0 Å². The van der Waals surface area contributed by atoms with E-state index in [1.807, 2.05) is 12.1 Å². The van der Waals surface area contributed by atoms with Crippen molar-refractivity contribution < 1.29 is 14.2 Å². The molecule has 4 rings (SSSR count). The van der Waals surface area contributed by atoms with Crippen molar-refractivity contribution in [3.05, 3.63) is 69.6 Å². The quantitative estimate of drug-likeness (QED) is 0.565. The maximum absolute atomic E-state index is 6.27. The second kappa shape index (κ2) is 8.72. The fourth-order valence-electron chi connectivity index (χ4n) is 3.91. The van der Waals surface area contributed by atoms with E-state index in [4.69, 9.17) is 37.4 Å². The van der Waals surface area contributed by atoms with E-state index in [-0.39, 0.29) is 12.2 Å². The number of halogens is 2. The third kappa shape index (κ3) is 4.21. The van der Waals surface area contributed by atoms with Crippen LogP contribution in [0.4, 0.5) is 0 Å². The first-order valence-electron chi connectivity index (χ1n) is 9.58. The molecule has 0 saturated carbocycles. The first-order valence-corrected chi connectivity index (χ1v) is 10.3. The highest BCUT2D eigenvalue weighted by Gasteiger charge is 2.34. The molecule has 1 aromatic carbocycles. The summed E-state index contributed by atoms with van der Waals surface area (Å²) >= 11 is 12.4. The predicted octanol–water partition coefficient (Wildman–Crippen LogP) is 6.11. The lowest BCUT2D eigenvalue weighted by Crippen LogP contribution is -2.31. The normalized spacial score (nSPS) is 28.5.